The van der Waals surface area contributed by atoms with E-state index in [0.29, 0.717) is 5.69 Å². The predicted octanol–water partition coefficient (Wildman–Crippen LogP) is 16.6. The van der Waals surface area contributed by atoms with Gasteiger partial charge in [-0.3, -0.25) is 4.90 Å². The number of hydrogen-bond acceptors (Lipinski definition) is 3. The van der Waals surface area contributed by atoms with Gasteiger partial charge in [-0.1, -0.05) is 170 Å². The molecular weight excluding hydrogens is 806 g/mol. The largest absolute Gasteiger partial charge is 0.306 e. The Kier molecular flexibility index (Phi) is 7.79. The molecule has 0 saturated heterocycles. The lowest BCUT2D eigenvalue weighted by Crippen LogP contribution is -2.26. The summed E-state index contributed by atoms with van der Waals surface area (Å²) in [5, 5.41) is 7.78. The van der Waals surface area contributed by atoms with Crippen LogP contribution in [-0.2, 0) is 5.41 Å². The summed E-state index contributed by atoms with van der Waals surface area (Å²) in [5.74, 6) is 0.548. The van der Waals surface area contributed by atoms with Crippen LogP contribution in [0.25, 0.3) is 65.5 Å². The molecule has 11 aromatic carbocycles. The van der Waals surface area contributed by atoms with Gasteiger partial charge in [0.25, 0.3) is 0 Å². The molecule has 0 radical (unpaired) electrons. The number of halogens is 1. The van der Waals surface area contributed by atoms with E-state index in [2.05, 4.69) is 210 Å². The molecule has 0 atom stereocenters. The van der Waals surface area contributed by atoms with Crippen molar-refractivity contribution in [3.63, 3.8) is 0 Å². The molecule has 308 valence electrons. The van der Waals surface area contributed by atoms with Gasteiger partial charge in [0.05, 0.1) is 33.7 Å². The number of nitrogens with zero attached hydrogens (tertiary/aromatic N) is 3. The Morgan fingerprint density at radius 1 is 0.348 bits per heavy atom. The Morgan fingerprint density at radius 3 is 1.56 bits per heavy atom. The van der Waals surface area contributed by atoms with Gasteiger partial charge in [0, 0.05) is 27.4 Å². The van der Waals surface area contributed by atoms with Crippen LogP contribution in [-0.4, -0.2) is 4.98 Å². The van der Waals surface area contributed by atoms with Gasteiger partial charge in [-0.2, -0.15) is 0 Å². The standard InChI is InChI=1S/C62H38FN3/c63-52-25-11-13-27-56(52)66(57-28-14-24-51-61(57)45-20-7-10-23-50(45)62(51)48-21-8-5-18-43(48)44-19-6-9-22-49(44)62)55-37-32-41-29-34-46-54(36-31-40-30-35-47(55)60(41)59(40)46)65(42-16-2-1-3-17-42)58-38-33-39-15-4-12-26-53(39)64-58/h1-38H. The third-order valence-corrected chi connectivity index (χ3v) is 14.3. The lowest BCUT2D eigenvalue weighted by atomic mass is 9.70. The number of rotatable bonds is 6. The van der Waals surface area contributed by atoms with Gasteiger partial charge >= 0.3 is 0 Å². The van der Waals surface area contributed by atoms with Gasteiger partial charge in [0.1, 0.15) is 11.6 Å². The molecule has 0 saturated carbocycles. The van der Waals surface area contributed by atoms with Gasteiger partial charge in [-0.15, -0.1) is 0 Å². The molecule has 0 unspecified atom stereocenters. The molecule has 0 fully saturated rings. The SMILES string of the molecule is Fc1ccccc1N(c1cccc2c1-c1ccccc1C21c2ccccc2-c2ccccc21)c1ccc2ccc3c(N(c4ccccc4)c4ccc5ccccc5n4)ccc4ccc1c2c43. The van der Waals surface area contributed by atoms with Crippen LogP contribution in [0.15, 0.2) is 231 Å². The Bertz CT molecular complexity index is 3890. The number of fused-ring (bicyclic) bond motifs is 11. The van der Waals surface area contributed by atoms with Gasteiger partial charge in [-0.05, 0) is 121 Å². The van der Waals surface area contributed by atoms with E-state index in [1.165, 1.54) is 33.4 Å². The maximum Gasteiger partial charge on any atom is 0.147 e. The highest BCUT2D eigenvalue weighted by Crippen LogP contribution is 2.65. The average Bonchev–Trinajstić information content (AvgIpc) is 3.85. The highest BCUT2D eigenvalue weighted by Gasteiger charge is 2.52. The highest BCUT2D eigenvalue weighted by atomic mass is 19.1. The molecular formula is C62H38FN3. The first-order valence-electron chi connectivity index (χ1n) is 22.6. The Hall–Kier alpha value is -8.60. The maximum absolute atomic E-state index is 16.9. The molecule has 1 spiro atoms. The molecule has 12 aromatic rings. The van der Waals surface area contributed by atoms with Crippen molar-refractivity contribution in [3.8, 4) is 22.3 Å². The van der Waals surface area contributed by atoms with Crippen molar-refractivity contribution in [2.45, 2.75) is 5.41 Å². The molecule has 1 aromatic heterocycles. The number of anilines is 6. The Morgan fingerprint density at radius 2 is 0.864 bits per heavy atom. The topological polar surface area (TPSA) is 19.4 Å². The fraction of sp³-hybridized carbons (Fsp3) is 0.0161. The molecule has 3 nitrogen and oxygen atoms in total. The van der Waals surface area contributed by atoms with Crippen molar-refractivity contribution < 1.29 is 4.39 Å². The van der Waals surface area contributed by atoms with Crippen LogP contribution < -0.4 is 9.80 Å². The van der Waals surface area contributed by atoms with Crippen molar-refractivity contribution in [3.05, 3.63) is 259 Å². The molecule has 2 aliphatic carbocycles. The lowest BCUT2D eigenvalue weighted by molar-refractivity contribution is 0.629. The van der Waals surface area contributed by atoms with Gasteiger partial charge < -0.3 is 4.90 Å². The molecule has 14 rings (SSSR count). The van der Waals surface area contributed by atoms with Crippen LogP contribution in [0.3, 0.4) is 0 Å². The zero-order chi connectivity index (χ0) is 43.5. The van der Waals surface area contributed by atoms with E-state index in [9.17, 15) is 0 Å². The number of pyridine rings is 1. The fourth-order valence-electron chi connectivity index (χ4n) is 11.6. The molecule has 4 heteroatoms. The minimum Gasteiger partial charge on any atom is -0.306 e. The number of hydrogen-bond donors (Lipinski definition) is 0. The third-order valence-electron chi connectivity index (χ3n) is 14.3. The molecule has 2 aliphatic rings. The maximum atomic E-state index is 16.9. The summed E-state index contributed by atoms with van der Waals surface area (Å²) in [7, 11) is 0. The molecule has 1 heterocycles. The first kappa shape index (κ1) is 36.8. The van der Waals surface area contributed by atoms with E-state index in [1.54, 1.807) is 12.1 Å². The fourth-order valence-corrected chi connectivity index (χ4v) is 11.6. The number of para-hydroxylation sites is 3. The van der Waals surface area contributed by atoms with Crippen LogP contribution >= 0.6 is 0 Å². The molecule has 0 amide bonds. The van der Waals surface area contributed by atoms with E-state index in [4.69, 9.17) is 4.98 Å². The highest BCUT2D eigenvalue weighted by molar-refractivity contribution is 6.28. The summed E-state index contributed by atoms with van der Waals surface area (Å²) >= 11 is 0. The van der Waals surface area contributed by atoms with Crippen molar-refractivity contribution in [2.75, 3.05) is 9.80 Å². The van der Waals surface area contributed by atoms with Crippen molar-refractivity contribution in [1.29, 1.82) is 0 Å². The van der Waals surface area contributed by atoms with Gasteiger partial charge in [0.2, 0.25) is 0 Å². The van der Waals surface area contributed by atoms with Crippen LogP contribution in [0.2, 0.25) is 0 Å². The minimum atomic E-state index is -0.542. The molecule has 0 aliphatic heterocycles. The quantitative estimate of drug-likeness (QED) is 0.155. The summed E-state index contributed by atoms with van der Waals surface area (Å²) in [6, 6.07) is 81.2. The minimum absolute atomic E-state index is 0.290. The summed E-state index contributed by atoms with van der Waals surface area (Å²) in [5.41, 5.74) is 14.5. The number of benzene rings is 11. The summed E-state index contributed by atoms with van der Waals surface area (Å²) in [6.07, 6.45) is 0. The first-order valence-corrected chi connectivity index (χ1v) is 22.6. The van der Waals surface area contributed by atoms with Gasteiger partial charge in [-0.25, -0.2) is 9.37 Å². The van der Waals surface area contributed by atoms with E-state index < -0.39 is 5.41 Å². The van der Waals surface area contributed by atoms with Crippen LogP contribution in [0, 0.1) is 5.82 Å². The second-order valence-corrected chi connectivity index (χ2v) is 17.5. The third kappa shape index (κ3) is 4.98. The normalized spacial score (nSPS) is 13.0. The summed E-state index contributed by atoms with van der Waals surface area (Å²) in [4.78, 5) is 9.68. The monoisotopic (exact) mass is 843 g/mol. The van der Waals surface area contributed by atoms with E-state index in [-0.39, 0.29) is 5.82 Å². The predicted molar refractivity (Wildman–Crippen MR) is 271 cm³/mol. The second kappa shape index (κ2) is 13.9. The smallest absolute Gasteiger partial charge is 0.147 e. The molecule has 0 N–H and O–H groups in total. The zero-order valence-electron chi connectivity index (χ0n) is 35.7. The van der Waals surface area contributed by atoms with Crippen molar-refractivity contribution >= 4 is 77.5 Å². The second-order valence-electron chi connectivity index (χ2n) is 17.5. The molecule has 0 bridgehead atoms. The van der Waals surface area contributed by atoms with Gasteiger partial charge in [0.15, 0.2) is 0 Å². The summed E-state index contributed by atoms with van der Waals surface area (Å²) in [6.45, 7) is 0. The van der Waals surface area contributed by atoms with Crippen LogP contribution in [0.1, 0.15) is 22.3 Å². The first-order chi connectivity index (χ1) is 32.7. The van der Waals surface area contributed by atoms with Crippen LogP contribution in [0.5, 0.6) is 0 Å². The van der Waals surface area contributed by atoms with E-state index in [0.717, 1.165) is 82.9 Å². The van der Waals surface area contributed by atoms with E-state index in [1.807, 2.05) is 18.2 Å². The van der Waals surface area contributed by atoms with Crippen molar-refractivity contribution in [1.82, 2.24) is 4.98 Å². The van der Waals surface area contributed by atoms with E-state index >= 15 is 4.39 Å². The summed E-state index contributed by atoms with van der Waals surface area (Å²) < 4.78 is 16.9. The Balaban J connectivity index is 1.04. The lowest BCUT2D eigenvalue weighted by Gasteiger charge is -2.32. The van der Waals surface area contributed by atoms with Crippen molar-refractivity contribution in [2.24, 2.45) is 0 Å². The average molecular weight is 844 g/mol. The molecule has 66 heavy (non-hydrogen) atoms. The number of aromatic nitrogens is 1. The Labute approximate surface area is 381 Å². The zero-order valence-corrected chi connectivity index (χ0v) is 35.7. The van der Waals surface area contributed by atoms with Crippen LogP contribution in [0.4, 0.5) is 38.6 Å².